The van der Waals surface area contributed by atoms with Crippen molar-refractivity contribution in [2.24, 2.45) is 0 Å². The lowest BCUT2D eigenvalue weighted by atomic mass is 10.1. The van der Waals surface area contributed by atoms with Gasteiger partial charge in [-0.25, -0.2) is 8.42 Å². The van der Waals surface area contributed by atoms with E-state index >= 15 is 0 Å². The Morgan fingerprint density at radius 3 is 2.32 bits per heavy atom. The van der Waals surface area contributed by atoms with Crippen molar-refractivity contribution in [1.82, 2.24) is 10.2 Å². The van der Waals surface area contributed by atoms with Crippen molar-refractivity contribution in [3.05, 3.63) is 63.1 Å². The first-order chi connectivity index (χ1) is 15.9. The molecular formula is C23H28Cl3N3O4S. The van der Waals surface area contributed by atoms with Gasteiger partial charge in [-0.1, -0.05) is 46.9 Å². The molecule has 0 bridgehead atoms. The topological polar surface area (TPSA) is 86.8 Å². The normalized spacial score (nSPS) is 12.2. The summed E-state index contributed by atoms with van der Waals surface area (Å²) in [6.07, 6.45) is 1.37. The summed E-state index contributed by atoms with van der Waals surface area (Å²) in [7, 11) is -3.59. The third kappa shape index (κ3) is 8.05. The molecule has 186 valence electrons. The summed E-state index contributed by atoms with van der Waals surface area (Å²) in [5.74, 6) is -0.595. The van der Waals surface area contributed by atoms with E-state index in [1.807, 2.05) is 0 Å². The fraction of sp³-hybridized carbons (Fsp3) is 0.391. The predicted molar refractivity (Wildman–Crippen MR) is 138 cm³/mol. The molecule has 0 aliphatic heterocycles. The molecule has 0 unspecified atom stereocenters. The quantitative estimate of drug-likeness (QED) is 0.439. The first-order valence-electron chi connectivity index (χ1n) is 10.7. The van der Waals surface area contributed by atoms with Gasteiger partial charge >= 0.3 is 0 Å². The van der Waals surface area contributed by atoms with Crippen LogP contribution in [0.15, 0.2) is 42.5 Å². The summed E-state index contributed by atoms with van der Waals surface area (Å²) in [6.45, 7) is 4.05. The van der Waals surface area contributed by atoms with Gasteiger partial charge in [-0.2, -0.15) is 0 Å². The van der Waals surface area contributed by atoms with Crippen LogP contribution >= 0.6 is 34.8 Å². The second-order valence-corrected chi connectivity index (χ2v) is 10.9. The Morgan fingerprint density at radius 2 is 1.74 bits per heavy atom. The second kappa shape index (κ2) is 12.6. The van der Waals surface area contributed by atoms with E-state index in [4.69, 9.17) is 34.8 Å². The molecule has 2 rings (SSSR count). The molecule has 1 N–H and O–H groups in total. The maximum Gasteiger partial charge on any atom is 0.242 e. The average Bonchev–Trinajstić information content (AvgIpc) is 2.75. The molecule has 1 atom stereocenters. The van der Waals surface area contributed by atoms with Crippen LogP contribution < -0.4 is 9.62 Å². The second-order valence-electron chi connectivity index (χ2n) is 7.75. The van der Waals surface area contributed by atoms with Crippen LogP contribution in [-0.4, -0.2) is 50.5 Å². The number of nitrogens with one attached hydrogen (secondary N) is 1. The van der Waals surface area contributed by atoms with E-state index in [1.165, 1.54) is 9.21 Å². The van der Waals surface area contributed by atoms with E-state index in [1.54, 1.807) is 56.3 Å². The van der Waals surface area contributed by atoms with Crippen molar-refractivity contribution in [3.8, 4) is 0 Å². The van der Waals surface area contributed by atoms with E-state index in [2.05, 4.69) is 5.32 Å². The van der Waals surface area contributed by atoms with Gasteiger partial charge in [0.05, 0.1) is 11.9 Å². The highest BCUT2D eigenvalue weighted by molar-refractivity contribution is 7.92. The zero-order valence-corrected chi connectivity index (χ0v) is 22.3. The zero-order valence-electron chi connectivity index (χ0n) is 19.2. The van der Waals surface area contributed by atoms with Crippen LogP contribution in [0.1, 0.15) is 32.3 Å². The Hall–Kier alpha value is -2.00. The summed E-state index contributed by atoms with van der Waals surface area (Å²) < 4.78 is 25.9. The van der Waals surface area contributed by atoms with Gasteiger partial charge in [-0.3, -0.25) is 13.9 Å². The highest BCUT2D eigenvalue weighted by atomic mass is 35.5. The first-order valence-corrected chi connectivity index (χ1v) is 13.7. The Kier molecular flexibility index (Phi) is 10.5. The van der Waals surface area contributed by atoms with Crippen molar-refractivity contribution in [1.29, 1.82) is 0 Å². The molecule has 34 heavy (non-hydrogen) atoms. The van der Waals surface area contributed by atoms with Crippen molar-refractivity contribution >= 4 is 62.3 Å². The van der Waals surface area contributed by atoms with Gasteiger partial charge in [0.15, 0.2) is 0 Å². The Bertz CT molecular complexity index is 1130. The van der Waals surface area contributed by atoms with Crippen molar-refractivity contribution in [3.63, 3.8) is 0 Å². The summed E-state index contributed by atoms with van der Waals surface area (Å²) >= 11 is 18.3. The lowest BCUT2D eigenvalue weighted by Gasteiger charge is -2.29. The molecule has 0 aromatic heterocycles. The minimum Gasteiger partial charge on any atom is -0.355 e. The predicted octanol–water partition coefficient (Wildman–Crippen LogP) is 4.75. The minimum absolute atomic E-state index is 0.0293. The van der Waals surface area contributed by atoms with Crippen LogP contribution in [0.4, 0.5) is 5.69 Å². The molecule has 0 aliphatic carbocycles. The number of hydrogen-bond acceptors (Lipinski definition) is 4. The molecule has 0 aliphatic rings. The van der Waals surface area contributed by atoms with E-state index < -0.39 is 16.1 Å². The summed E-state index contributed by atoms with van der Waals surface area (Å²) in [6, 6.07) is 10.7. The maximum absolute atomic E-state index is 13.2. The number of carbonyl (C=O) groups excluding carboxylic acids is 2. The smallest absolute Gasteiger partial charge is 0.242 e. The molecule has 7 nitrogen and oxygen atoms in total. The van der Waals surface area contributed by atoms with Crippen molar-refractivity contribution < 1.29 is 18.0 Å². The van der Waals surface area contributed by atoms with Crippen LogP contribution in [0.3, 0.4) is 0 Å². The maximum atomic E-state index is 13.2. The fourth-order valence-corrected chi connectivity index (χ4v) is 4.98. The molecular weight excluding hydrogens is 521 g/mol. The molecule has 2 aromatic rings. The van der Waals surface area contributed by atoms with Gasteiger partial charge in [0.25, 0.3) is 0 Å². The zero-order chi connectivity index (χ0) is 25.5. The Labute approximate surface area is 216 Å². The molecule has 0 fully saturated rings. The molecule has 2 amide bonds. The standard InChI is InChI=1S/C23H28Cl3N3O4S/c1-4-27-23(31)16(2)28(15-17-10-11-19(25)14-21(17)26)22(30)9-6-12-29(34(3,32)33)20-8-5-7-18(24)13-20/h5,7-8,10-11,13-14,16H,4,6,9,12,15H2,1-3H3,(H,27,31)/t16-/m1/s1. The van der Waals surface area contributed by atoms with Crippen LogP contribution in [0.2, 0.25) is 15.1 Å². The first kappa shape index (κ1) is 28.2. The number of sulfonamides is 1. The molecule has 0 heterocycles. The van der Waals surface area contributed by atoms with Gasteiger partial charge in [0, 0.05) is 41.1 Å². The van der Waals surface area contributed by atoms with E-state index in [0.717, 1.165) is 6.26 Å². The number of amides is 2. The summed E-state index contributed by atoms with van der Waals surface area (Å²) in [5.41, 5.74) is 1.06. The van der Waals surface area contributed by atoms with E-state index in [-0.39, 0.29) is 37.7 Å². The van der Waals surface area contributed by atoms with Crippen LogP contribution in [0.5, 0.6) is 0 Å². The lowest BCUT2D eigenvalue weighted by Crippen LogP contribution is -2.47. The van der Waals surface area contributed by atoms with E-state index in [9.17, 15) is 18.0 Å². The van der Waals surface area contributed by atoms with Gasteiger partial charge in [0.2, 0.25) is 21.8 Å². The Morgan fingerprint density at radius 1 is 1.06 bits per heavy atom. The number of rotatable bonds is 11. The molecule has 0 radical (unpaired) electrons. The number of halogens is 3. The fourth-order valence-electron chi connectivity index (χ4n) is 3.37. The van der Waals surface area contributed by atoms with Crippen molar-refractivity contribution in [2.45, 2.75) is 39.3 Å². The number of nitrogens with zero attached hydrogens (tertiary/aromatic N) is 2. The van der Waals surface area contributed by atoms with Gasteiger partial charge in [-0.05, 0) is 56.2 Å². The Balaban J connectivity index is 2.19. The van der Waals surface area contributed by atoms with Crippen molar-refractivity contribution in [2.75, 3.05) is 23.7 Å². The molecule has 2 aromatic carbocycles. The molecule has 0 saturated heterocycles. The monoisotopic (exact) mass is 547 g/mol. The largest absolute Gasteiger partial charge is 0.355 e. The SMILES string of the molecule is CCNC(=O)[C@@H](C)N(Cc1ccc(Cl)cc1Cl)C(=O)CCCN(c1cccc(Cl)c1)S(C)(=O)=O. The summed E-state index contributed by atoms with van der Waals surface area (Å²) in [4.78, 5) is 27.1. The number of anilines is 1. The number of hydrogen-bond donors (Lipinski definition) is 1. The highest BCUT2D eigenvalue weighted by Gasteiger charge is 2.27. The highest BCUT2D eigenvalue weighted by Crippen LogP contribution is 2.25. The summed E-state index contributed by atoms with van der Waals surface area (Å²) in [5, 5.41) is 3.98. The van der Waals surface area contributed by atoms with Gasteiger partial charge in [0.1, 0.15) is 6.04 Å². The number of benzene rings is 2. The number of carbonyl (C=O) groups is 2. The molecule has 11 heteroatoms. The van der Waals surface area contributed by atoms with Crippen LogP contribution in [0, 0.1) is 0 Å². The average molecular weight is 549 g/mol. The van der Waals surface area contributed by atoms with E-state index in [0.29, 0.717) is 32.9 Å². The third-order valence-corrected chi connectivity index (χ3v) is 7.14. The minimum atomic E-state index is -3.59. The third-order valence-electron chi connectivity index (χ3n) is 5.12. The van der Waals surface area contributed by atoms with Gasteiger partial charge < -0.3 is 10.2 Å². The van der Waals surface area contributed by atoms with Crippen LogP contribution in [0.25, 0.3) is 0 Å². The lowest BCUT2D eigenvalue weighted by molar-refractivity contribution is -0.140. The van der Waals surface area contributed by atoms with Gasteiger partial charge in [-0.15, -0.1) is 0 Å². The molecule has 0 spiro atoms. The molecule has 0 saturated carbocycles. The van der Waals surface area contributed by atoms with Crippen LogP contribution in [-0.2, 0) is 26.2 Å². The number of likely N-dealkylation sites (N-methyl/N-ethyl adjacent to an activating group) is 1.